The van der Waals surface area contributed by atoms with Gasteiger partial charge in [0.15, 0.2) is 0 Å². The largest absolute Gasteiger partial charge is 0.481 e. The van der Waals surface area contributed by atoms with Gasteiger partial charge in [0.05, 0.1) is 5.75 Å². The lowest BCUT2D eigenvalue weighted by atomic mass is 10.4. The van der Waals surface area contributed by atoms with Crippen LogP contribution in [0.1, 0.15) is 22.5 Å². The minimum absolute atomic E-state index is 0.0243. The number of carboxylic acid groups (broad SMARTS) is 1. The van der Waals surface area contributed by atoms with Crippen LogP contribution in [0.5, 0.6) is 0 Å². The highest BCUT2D eigenvalue weighted by Crippen LogP contribution is 2.27. The van der Waals surface area contributed by atoms with E-state index in [1.54, 1.807) is 5.38 Å². The van der Waals surface area contributed by atoms with Crippen LogP contribution in [0.2, 0.25) is 0 Å². The molecule has 0 saturated carbocycles. The van der Waals surface area contributed by atoms with E-state index in [9.17, 15) is 18.0 Å². The molecule has 0 radical (unpaired) electrons. The minimum atomic E-state index is -3.62. The first-order valence-corrected chi connectivity index (χ1v) is 10.6. The normalized spacial score (nSPS) is 15.7. The standard InChI is InChI=1S/C13H18N2O5S3/c16-11(17)9-21-8-4-14-13(18)12-10(3-7-22-12)23(19,20)15-5-1-2-6-15/h3,7H,1-2,4-6,8-9H2,(H,14,18)(H,16,17). The average Bonchev–Trinajstić information content (AvgIpc) is 3.18. The summed E-state index contributed by atoms with van der Waals surface area (Å²) in [4.78, 5) is 22.8. The summed E-state index contributed by atoms with van der Waals surface area (Å²) in [6.07, 6.45) is 1.68. The molecule has 23 heavy (non-hydrogen) atoms. The summed E-state index contributed by atoms with van der Waals surface area (Å²) in [5.74, 6) is -0.909. The molecule has 1 fully saturated rings. The first kappa shape index (κ1) is 18.2. The SMILES string of the molecule is O=C(O)CSCCNC(=O)c1sccc1S(=O)(=O)N1CCCC1. The highest BCUT2D eigenvalue weighted by molar-refractivity contribution is 7.99. The second-order valence-electron chi connectivity index (χ2n) is 4.93. The van der Waals surface area contributed by atoms with E-state index in [-0.39, 0.29) is 22.1 Å². The summed E-state index contributed by atoms with van der Waals surface area (Å²) in [5, 5.41) is 12.8. The molecule has 1 saturated heterocycles. The quantitative estimate of drug-likeness (QED) is 0.656. The van der Waals surface area contributed by atoms with E-state index in [1.165, 1.54) is 22.1 Å². The van der Waals surface area contributed by atoms with Crippen LogP contribution in [0.3, 0.4) is 0 Å². The Hall–Kier alpha value is -1.10. The van der Waals surface area contributed by atoms with E-state index in [1.807, 2.05) is 0 Å². The lowest BCUT2D eigenvalue weighted by molar-refractivity contribution is -0.133. The topological polar surface area (TPSA) is 104 Å². The number of hydrogen-bond donors (Lipinski definition) is 2. The summed E-state index contributed by atoms with van der Waals surface area (Å²) in [5.41, 5.74) is 0. The number of hydrogen-bond acceptors (Lipinski definition) is 6. The first-order valence-electron chi connectivity index (χ1n) is 7.08. The van der Waals surface area contributed by atoms with Crippen molar-refractivity contribution in [3.05, 3.63) is 16.3 Å². The molecule has 1 aromatic rings. The predicted octanol–water partition coefficient (Wildman–Crippen LogP) is 1.08. The van der Waals surface area contributed by atoms with Gasteiger partial charge in [0, 0.05) is 25.4 Å². The van der Waals surface area contributed by atoms with E-state index >= 15 is 0 Å². The van der Waals surface area contributed by atoms with Crippen LogP contribution >= 0.6 is 23.1 Å². The maximum Gasteiger partial charge on any atom is 0.313 e. The van der Waals surface area contributed by atoms with Gasteiger partial charge in [-0.1, -0.05) is 0 Å². The maximum atomic E-state index is 12.6. The zero-order chi connectivity index (χ0) is 16.9. The molecule has 2 rings (SSSR count). The van der Waals surface area contributed by atoms with Crippen LogP contribution < -0.4 is 5.32 Å². The summed E-state index contributed by atoms with van der Waals surface area (Å²) in [7, 11) is -3.62. The number of aliphatic carboxylic acids is 1. The number of rotatable bonds is 8. The van der Waals surface area contributed by atoms with Gasteiger partial charge in [0.2, 0.25) is 10.0 Å². The first-order chi connectivity index (χ1) is 10.9. The van der Waals surface area contributed by atoms with Gasteiger partial charge in [-0.3, -0.25) is 9.59 Å². The van der Waals surface area contributed by atoms with E-state index in [0.29, 0.717) is 18.8 Å². The van der Waals surface area contributed by atoms with E-state index in [0.717, 1.165) is 24.2 Å². The summed E-state index contributed by atoms with van der Waals surface area (Å²) >= 11 is 2.29. The fourth-order valence-corrected chi connectivity index (χ4v) is 5.61. The Morgan fingerprint density at radius 1 is 1.35 bits per heavy atom. The Labute approximate surface area is 143 Å². The summed E-state index contributed by atoms with van der Waals surface area (Å²) < 4.78 is 26.5. The molecular formula is C13H18N2O5S3. The molecule has 2 heterocycles. The Morgan fingerprint density at radius 3 is 2.70 bits per heavy atom. The molecule has 0 atom stereocenters. The number of carboxylic acids is 1. The number of thioether (sulfide) groups is 1. The molecule has 128 valence electrons. The van der Waals surface area contributed by atoms with Crippen molar-refractivity contribution in [1.82, 2.24) is 9.62 Å². The number of nitrogens with one attached hydrogen (secondary N) is 1. The van der Waals surface area contributed by atoms with Gasteiger partial charge in [-0.05, 0) is 24.3 Å². The lowest BCUT2D eigenvalue weighted by Gasteiger charge is -2.15. The van der Waals surface area contributed by atoms with Crippen molar-refractivity contribution in [1.29, 1.82) is 0 Å². The highest BCUT2D eigenvalue weighted by atomic mass is 32.2. The predicted molar refractivity (Wildman–Crippen MR) is 89.6 cm³/mol. The zero-order valence-electron chi connectivity index (χ0n) is 12.4. The van der Waals surface area contributed by atoms with E-state index < -0.39 is 21.9 Å². The number of nitrogens with zero attached hydrogens (tertiary/aromatic N) is 1. The van der Waals surface area contributed by atoms with Crippen molar-refractivity contribution in [2.75, 3.05) is 31.1 Å². The molecule has 1 amide bonds. The van der Waals surface area contributed by atoms with Crippen LogP contribution in [-0.4, -0.2) is 60.8 Å². The third-order valence-electron chi connectivity index (χ3n) is 3.28. The molecule has 7 nitrogen and oxygen atoms in total. The molecule has 1 aliphatic rings. The van der Waals surface area contributed by atoms with Gasteiger partial charge in [-0.15, -0.1) is 23.1 Å². The Balaban J connectivity index is 1.97. The maximum absolute atomic E-state index is 12.6. The van der Waals surface area contributed by atoms with Crippen molar-refractivity contribution in [3.63, 3.8) is 0 Å². The Bertz CT molecular complexity index is 665. The molecule has 0 bridgehead atoms. The van der Waals surface area contributed by atoms with Crippen molar-refractivity contribution < 1.29 is 23.1 Å². The molecule has 0 unspecified atom stereocenters. The number of thiophene rings is 1. The smallest absolute Gasteiger partial charge is 0.313 e. The molecule has 1 aromatic heterocycles. The number of carbonyl (C=O) groups excluding carboxylic acids is 1. The third-order valence-corrected chi connectivity index (χ3v) is 7.20. The van der Waals surface area contributed by atoms with Crippen molar-refractivity contribution in [2.45, 2.75) is 17.7 Å². The Kier molecular flexibility index (Phi) is 6.45. The van der Waals surface area contributed by atoms with Crippen LogP contribution in [0, 0.1) is 0 Å². The Morgan fingerprint density at radius 2 is 2.04 bits per heavy atom. The van der Waals surface area contributed by atoms with E-state index in [2.05, 4.69) is 5.32 Å². The van der Waals surface area contributed by atoms with Crippen LogP contribution in [0.15, 0.2) is 16.3 Å². The van der Waals surface area contributed by atoms with Crippen molar-refractivity contribution in [3.8, 4) is 0 Å². The summed E-state index contributed by atoms with van der Waals surface area (Å²) in [6, 6.07) is 1.46. The van der Waals surface area contributed by atoms with Gasteiger partial charge in [-0.2, -0.15) is 4.31 Å². The molecule has 0 spiro atoms. The number of sulfonamides is 1. The van der Waals surface area contributed by atoms with Crippen LogP contribution in [0.25, 0.3) is 0 Å². The fraction of sp³-hybridized carbons (Fsp3) is 0.538. The number of amides is 1. The average molecular weight is 378 g/mol. The highest BCUT2D eigenvalue weighted by Gasteiger charge is 2.31. The van der Waals surface area contributed by atoms with Crippen LogP contribution in [0.4, 0.5) is 0 Å². The third kappa shape index (κ3) is 4.69. The lowest BCUT2D eigenvalue weighted by Crippen LogP contribution is -2.31. The van der Waals surface area contributed by atoms with E-state index in [4.69, 9.17) is 5.11 Å². The van der Waals surface area contributed by atoms with Crippen LogP contribution in [-0.2, 0) is 14.8 Å². The monoisotopic (exact) mass is 378 g/mol. The van der Waals surface area contributed by atoms with Gasteiger partial charge in [0.1, 0.15) is 9.77 Å². The molecular weight excluding hydrogens is 360 g/mol. The van der Waals surface area contributed by atoms with Gasteiger partial charge in [-0.25, -0.2) is 8.42 Å². The van der Waals surface area contributed by atoms with Gasteiger partial charge >= 0.3 is 5.97 Å². The molecule has 1 aliphatic heterocycles. The molecule has 0 aliphatic carbocycles. The van der Waals surface area contributed by atoms with Gasteiger partial charge in [0.25, 0.3) is 5.91 Å². The number of carbonyl (C=O) groups is 2. The fourth-order valence-electron chi connectivity index (χ4n) is 2.21. The second-order valence-corrected chi connectivity index (χ2v) is 8.86. The molecule has 2 N–H and O–H groups in total. The minimum Gasteiger partial charge on any atom is -0.481 e. The molecule has 10 heteroatoms. The zero-order valence-corrected chi connectivity index (χ0v) is 14.8. The summed E-state index contributed by atoms with van der Waals surface area (Å²) in [6.45, 7) is 1.27. The van der Waals surface area contributed by atoms with Crippen molar-refractivity contribution >= 4 is 45.0 Å². The second kappa shape index (κ2) is 8.13. The molecule has 0 aromatic carbocycles. The van der Waals surface area contributed by atoms with Crippen molar-refractivity contribution in [2.24, 2.45) is 0 Å². The van der Waals surface area contributed by atoms with Gasteiger partial charge < -0.3 is 10.4 Å².